The fourth-order valence-electron chi connectivity index (χ4n) is 3.10. The first-order valence-corrected chi connectivity index (χ1v) is 9.69. The first-order chi connectivity index (χ1) is 13.0. The van der Waals surface area contributed by atoms with Crippen LogP contribution in [-0.4, -0.2) is 39.3 Å². The van der Waals surface area contributed by atoms with E-state index in [1.165, 1.54) is 0 Å². The SMILES string of the molecule is CC/C=C\C/C=C\C[C@H]1[C@H](O)CC(=O)[C@H]1/C=C/[C@@H](O)C/C=C\CCC(=O)O. The van der Waals surface area contributed by atoms with Gasteiger partial charge in [0.05, 0.1) is 12.2 Å². The van der Waals surface area contributed by atoms with Crippen molar-refractivity contribution < 1.29 is 24.9 Å². The molecular weight excluding hydrogens is 344 g/mol. The Balaban J connectivity index is 2.50. The highest BCUT2D eigenvalue weighted by molar-refractivity contribution is 5.86. The highest BCUT2D eigenvalue weighted by atomic mass is 16.4. The second-order valence-electron chi connectivity index (χ2n) is 6.84. The highest BCUT2D eigenvalue weighted by Gasteiger charge is 2.39. The minimum Gasteiger partial charge on any atom is -0.481 e. The maximum absolute atomic E-state index is 12.1. The molecule has 0 aliphatic heterocycles. The first-order valence-electron chi connectivity index (χ1n) is 9.69. The summed E-state index contributed by atoms with van der Waals surface area (Å²) in [4.78, 5) is 22.6. The van der Waals surface area contributed by atoms with Crippen LogP contribution in [0.3, 0.4) is 0 Å². The molecule has 1 rings (SSSR count). The molecule has 0 spiro atoms. The van der Waals surface area contributed by atoms with Crippen LogP contribution in [0.25, 0.3) is 0 Å². The molecule has 5 heteroatoms. The van der Waals surface area contributed by atoms with Crippen molar-refractivity contribution >= 4 is 11.8 Å². The van der Waals surface area contributed by atoms with Gasteiger partial charge in [-0.15, -0.1) is 0 Å². The summed E-state index contributed by atoms with van der Waals surface area (Å²) in [5.41, 5.74) is 0. The van der Waals surface area contributed by atoms with Crippen LogP contribution in [-0.2, 0) is 9.59 Å². The van der Waals surface area contributed by atoms with E-state index in [9.17, 15) is 19.8 Å². The molecule has 0 aromatic heterocycles. The lowest BCUT2D eigenvalue weighted by molar-refractivity contribution is -0.136. The van der Waals surface area contributed by atoms with Crippen LogP contribution in [0, 0.1) is 11.8 Å². The normalized spacial score (nSPS) is 24.9. The predicted molar refractivity (Wildman–Crippen MR) is 106 cm³/mol. The van der Waals surface area contributed by atoms with Crippen molar-refractivity contribution in [1.82, 2.24) is 0 Å². The van der Waals surface area contributed by atoms with Crippen LogP contribution >= 0.6 is 0 Å². The molecule has 1 fully saturated rings. The van der Waals surface area contributed by atoms with E-state index >= 15 is 0 Å². The molecule has 0 heterocycles. The van der Waals surface area contributed by atoms with Crippen molar-refractivity contribution in [3.63, 3.8) is 0 Å². The second kappa shape index (κ2) is 13.2. The molecule has 1 saturated carbocycles. The highest BCUT2D eigenvalue weighted by Crippen LogP contribution is 2.33. The quantitative estimate of drug-likeness (QED) is 0.453. The lowest BCUT2D eigenvalue weighted by Gasteiger charge is -2.16. The van der Waals surface area contributed by atoms with E-state index in [4.69, 9.17) is 5.11 Å². The summed E-state index contributed by atoms with van der Waals surface area (Å²) in [7, 11) is 0. The number of rotatable bonds is 12. The smallest absolute Gasteiger partial charge is 0.303 e. The first kappa shape index (κ1) is 23.1. The second-order valence-corrected chi connectivity index (χ2v) is 6.84. The summed E-state index contributed by atoms with van der Waals surface area (Å²) in [5.74, 6) is -1.37. The lowest BCUT2D eigenvalue weighted by atomic mass is 9.90. The Hall–Kier alpha value is -1.98. The standard InChI is InChI=1S/C22H32O5/c1-2-3-4-5-6-9-12-18-19(21(25)16-20(18)24)15-14-17(23)11-8-7-10-13-22(26)27/h3-4,6-9,14-15,17-20,23-24H,2,5,10-13,16H2,1H3,(H,26,27)/b4-3-,8-7-,9-6-,15-14+/t17-,18+,19-,20+/m0/s1. The topological polar surface area (TPSA) is 94.8 Å². The summed E-state index contributed by atoms with van der Waals surface area (Å²) in [6.07, 6.45) is 17.2. The average Bonchev–Trinajstić information content (AvgIpc) is 2.88. The summed E-state index contributed by atoms with van der Waals surface area (Å²) in [5, 5.41) is 28.7. The average molecular weight is 376 g/mol. The number of Topliss-reactive ketones (excluding diaryl/α,β-unsaturated/α-hetero) is 1. The minimum atomic E-state index is -0.847. The van der Waals surface area contributed by atoms with Gasteiger partial charge in [0, 0.05) is 24.7 Å². The fourth-order valence-corrected chi connectivity index (χ4v) is 3.10. The summed E-state index contributed by atoms with van der Waals surface area (Å²) >= 11 is 0. The summed E-state index contributed by atoms with van der Waals surface area (Å²) in [6.45, 7) is 2.08. The lowest BCUT2D eigenvalue weighted by Crippen LogP contribution is -2.19. The Morgan fingerprint density at radius 3 is 2.63 bits per heavy atom. The Morgan fingerprint density at radius 1 is 1.19 bits per heavy atom. The molecule has 0 amide bonds. The van der Waals surface area contributed by atoms with Gasteiger partial charge in [0.15, 0.2) is 0 Å². The van der Waals surface area contributed by atoms with E-state index in [2.05, 4.69) is 19.1 Å². The number of aliphatic hydroxyl groups is 2. The van der Waals surface area contributed by atoms with Crippen LogP contribution < -0.4 is 0 Å². The van der Waals surface area contributed by atoms with Crippen molar-refractivity contribution in [3.05, 3.63) is 48.6 Å². The summed E-state index contributed by atoms with van der Waals surface area (Å²) in [6, 6.07) is 0. The monoisotopic (exact) mass is 376 g/mol. The summed E-state index contributed by atoms with van der Waals surface area (Å²) < 4.78 is 0. The Kier molecular flexibility index (Phi) is 11.3. The van der Waals surface area contributed by atoms with Gasteiger partial charge < -0.3 is 15.3 Å². The van der Waals surface area contributed by atoms with Gasteiger partial charge in [-0.25, -0.2) is 0 Å². The molecule has 150 valence electrons. The largest absolute Gasteiger partial charge is 0.481 e. The van der Waals surface area contributed by atoms with Gasteiger partial charge in [-0.3, -0.25) is 9.59 Å². The number of aliphatic carboxylic acids is 1. The minimum absolute atomic E-state index is 0.00669. The number of ketones is 1. The number of carboxylic acids is 1. The Morgan fingerprint density at radius 2 is 1.93 bits per heavy atom. The van der Waals surface area contributed by atoms with E-state index in [1.807, 2.05) is 12.2 Å². The van der Waals surface area contributed by atoms with Gasteiger partial charge >= 0.3 is 5.97 Å². The van der Waals surface area contributed by atoms with Crippen molar-refractivity contribution in [1.29, 1.82) is 0 Å². The Bertz CT molecular complexity index is 573. The molecule has 27 heavy (non-hydrogen) atoms. The van der Waals surface area contributed by atoms with Crippen molar-refractivity contribution in [2.75, 3.05) is 0 Å². The Labute approximate surface area is 161 Å². The molecule has 3 N–H and O–H groups in total. The van der Waals surface area contributed by atoms with Crippen molar-refractivity contribution in [3.8, 4) is 0 Å². The number of allylic oxidation sites excluding steroid dienone is 6. The zero-order chi connectivity index (χ0) is 20.1. The number of hydrogen-bond acceptors (Lipinski definition) is 4. The van der Waals surface area contributed by atoms with Gasteiger partial charge in [0.2, 0.25) is 0 Å². The molecule has 0 unspecified atom stereocenters. The van der Waals surface area contributed by atoms with Crippen LogP contribution in [0.4, 0.5) is 0 Å². The molecule has 0 radical (unpaired) electrons. The molecule has 1 aliphatic rings. The number of aliphatic hydroxyl groups excluding tert-OH is 2. The zero-order valence-electron chi connectivity index (χ0n) is 16.0. The molecule has 0 bridgehead atoms. The van der Waals surface area contributed by atoms with E-state index in [-0.39, 0.29) is 30.5 Å². The third kappa shape index (κ3) is 9.50. The van der Waals surface area contributed by atoms with Crippen molar-refractivity contribution in [2.45, 2.75) is 64.1 Å². The van der Waals surface area contributed by atoms with Crippen LogP contribution in [0.2, 0.25) is 0 Å². The third-order valence-corrected chi connectivity index (χ3v) is 4.60. The van der Waals surface area contributed by atoms with E-state index in [1.54, 1.807) is 24.3 Å². The predicted octanol–water partition coefficient (Wildman–Crippen LogP) is 3.58. The van der Waals surface area contributed by atoms with E-state index < -0.39 is 18.2 Å². The third-order valence-electron chi connectivity index (χ3n) is 4.60. The van der Waals surface area contributed by atoms with Crippen molar-refractivity contribution in [2.24, 2.45) is 11.8 Å². The number of carbonyl (C=O) groups excluding carboxylic acids is 1. The number of carboxylic acid groups (broad SMARTS) is 1. The van der Waals surface area contributed by atoms with Gasteiger partial charge in [-0.1, -0.05) is 55.5 Å². The molecule has 4 atom stereocenters. The van der Waals surface area contributed by atoms with E-state index in [0.29, 0.717) is 19.3 Å². The number of hydrogen-bond donors (Lipinski definition) is 3. The van der Waals surface area contributed by atoms with Crippen LogP contribution in [0.1, 0.15) is 51.9 Å². The van der Waals surface area contributed by atoms with E-state index in [0.717, 1.165) is 12.8 Å². The van der Waals surface area contributed by atoms with Crippen LogP contribution in [0.5, 0.6) is 0 Å². The van der Waals surface area contributed by atoms with Gasteiger partial charge in [-0.2, -0.15) is 0 Å². The molecular formula is C22H32O5. The number of carbonyl (C=O) groups is 2. The molecule has 0 aromatic carbocycles. The molecule has 0 aromatic rings. The van der Waals surface area contributed by atoms with Gasteiger partial charge in [-0.05, 0) is 32.1 Å². The fraction of sp³-hybridized carbons (Fsp3) is 0.545. The van der Waals surface area contributed by atoms with Gasteiger partial charge in [0.25, 0.3) is 0 Å². The zero-order valence-corrected chi connectivity index (χ0v) is 16.0. The molecule has 5 nitrogen and oxygen atoms in total. The van der Waals surface area contributed by atoms with Crippen LogP contribution in [0.15, 0.2) is 48.6 Å². The van der Waals surface area contributed by atoms with Gasteiger partial charge in [0.1, 0.15) is 5.78 Å². The maximum Gasteiger partial charge on any atom is 0.303 e. The molecule has 1 aliphatic carbocycles. The molecule has 0 saturated heterocycles. The maximum atomic E-state index is 12.1.